The minimum atomic E-state index is -4.06. The van der Waals surface area contributed by atoms with Gasteiger partial charge in [0.25, 0.3) is 11.1 Å². The lowest BCUT2D eigenvalue weighted by molar-refractivity contribution is -0.124. The number of hydrogen-bond acceptors (Lipinski definition) is 7. The molecule has 5 rings (SSSR count). The van der Waals surface area contributed by atoms with Gasteiger partial charge in [-0.05, 0) is 24.6 Å². The summed E-state index contributed by atoms with van der Waals surface area (Å²) in [5, 5.41) is 14.4. The number of amides is 1. The van der Waals surface area contributed by atoms with Crippen molar-refractivity contribution in [3.05, 3.63) is 98.6 Å². The summed E-state index contributed by atoms with van der Waals surface area (Å²) >= 11 is 0. The van der Waals surface area contributed by atoms with Gasteiger partial charge in [-0.25, -0.2) is 22.6 Å². The summed E-state index contributed by atoms with van der Waals surface area (Å²) in [5.74, 6) is 0. The first-order valence-corrected chi connectivity index (χ1v) is 13.1. The fourth-order valence-corrected chi connectivity index (χ4v) is 6.37. The zero-order chi connectivity index (χ0) is 26.4. The van der Waals surface area contributed by atoms with Gasteiger partial charge in [-0.2, -0.15) is 4.31 Å². The molecule has 0 aliphatic carbocycles. The average molecular weight is 527 g/mol. The zero-order valence-corrected chi connectivity index (χ0v) is 20.8. The number of aryl methyl sites for hydroxylation is 1. The number of benzene rings is 2. The van der Waals surface area contributed by atoms with Gasteiger partial charge in [0.2, 0.25) is 10.0 Å². The van der Waals surface area contributed by atoms with Gasteiger partial charge in [-0.3, -0.25) is 9.59 Å². The number of hydrogen-bond donors (Lipinski definition) is 2. The Hall–Kier alpha value is -3.74. The normalized spacial score (nSPS) is 23.2. The van der Waals surface area contributed by atoms with Crippen LogP contribution in [-0.2, 0) is 27.8 Å². The molecule has 1 aromatic heterocycles. The van der Waals surface area contributed by atoms with Crippen molar-refractivity contribution in [2.45, 2.75) is 42.7 Å². The van der Waals surface area contributed by atoms with Crippen molar-refractivity contribution in [1.29, 1.82) is 0 Å². The first-order valence-electron chi connectivity index (χ1n) is 11.7. The number of ether oxygens (including phenoxy) is 1. The van der Waals surface area contributed by atoms with E-state index < -0.39 is 51.5 Å². The molecule has 3 heterocycles. The molecule has 2 N–H and O–H groups in total. The zero-order valence-electron chi connectivity index (χ0n) is 20.0. The van der Waals surface area contributed by atoms with Crippen molar-refractivity contribution in [2.75, 3.05) is 13.1 Å². The Balaban J connectivity index is 1.47. The lowest BCUT2D eigenvalue weighted by Gasteiger charge is -2.42. The molecule has 1 amide bonds. The van der Waals surface area contributed by atoms with Crippen LogP contribution in [0.4, 0.5) is 4.79 Å². The molecule has 0 unspecified atom stereocenters. The number of nitrogens with zero attached hydrogens (tertiary/aromatic N) is 3. The molecule has 0 spiro atoms. The Kier molecular flexibility index (Phi) is 6.26. The molecule has 3 aromatic rings. The SMILES string of the molecule is Cc1ccc(S(=O)(=O)N2C[C@H]3n4c(=O)ccc(=O)n4C[C@H](OC(=O)NCc4ccccc4)[C@@]3(O)C2)cc1. The fourth-order valence-electron chi connectivity index (χ4n) is 4.88. The standard InChI is InChI=1S/C25H26N4O7S/c1-17-7-9-19(10-8-17)37(34,35)27-14-20-25(33,16-27)21(15-28-22(30)11-12-23(31)29(20)28)36-24(32)26-13-18-5-3-2-4-6-18/h2-12,20-21,33H,13-16H2,1H3,(H,26,32)/t20-,21+,25-/m1/s1. The molecule has 37 heavy (non-hydrogen) atoms. The van der Waals surface area contributed by atoms with Gasteiger partial charge in [0.05, 0.1) is 11.4 Å². The largest absolute Gasteiger partial charge is 0.441 e. The highest BCUT2D eigenvalue weighted by Gasteiger charge is 2.59. The third kappa shape index (κ3) is 4.47. The van der Waals surface area contributed by atoms with Crippen LogP contribution in [-0.4, -0.2) is 58.1 Å². The van der Waals surface area contributed by atoms with Crippen LogP contribution in [0.1, 0.15) is 17.2 Å². The number of alkyl carbamates (subject to hydrolysis) is 1. The minimum Gasteiger partial charge on any atom is -0.441 e. The number of carbonyl (C=O) groups is 1. The monoisotopic (exact) mass is 526 g/mol. The van der Waals surface area contributed by atoms with Gasteiger partial charge < -0.3 is 15.2 Å². The molecule has 1 fully saturated rings. The topological polar surface area (TPSA) is 140 Å². The van der Waals surface area contributed by atoms with E-state index in [1.165, 1.54) is 12.1 Å². The molecule has 194 valence electrons. The maximum Gasteiger partial charge on any atom is 0.407 e. The number of rotatable bonds is 5. The summed E-state index contributed by atoms with van der Waals surface area (Å²) in [6.07, 6.45) is -2.15. The van der Waals surface area contributed by atoms with Crippen LogP contribution in [0, 0.1) is 6.92 Å². The van der Waals surface area contributed by atoms with E-state index in [9.17, 15) is 27.9 Å². The second-order valence-corrected chi connectivity index (χ2v) is 11.2. The molecule has 2 aliphatic heterocycles. The van der Waals surface area contributed by atoms with Gasteiger partial charge in [-0.15, -0.1) is 0 Å². The van der Waals surface area contributed by atoms with Crippen molar-refractivity contribution in [2.24, 2.45) is 0 Å². The number of nitrogens with one attached hydrogen (secondary N) is 1. The van der Waals surface area contributed by atoms with Crippen LogP contribution < -0.4 is 16.4 Å². The van der Waals surface area contributed by atoms with Crippen molar-refractivity contribution in [1.82, 2.24) is 19.0 Å². The highest BCUT2D eigenvalue weighted by Crippen LogP contribution is 2.40. The third-order valence-corrected chi connectivity index (χ3v) is 8.70. The number of fused-ring (bicyclic) bond motifs is 3. The first-order chi connectivity index (χ1) is 17.6. The fraction of sp³-hybridized carbons (Fsp3) is 0.320. The number of aromatic nitrogens is 2. The van der Waals surface area contributed by atoms with E-state index in [-0.39, 0.29) is 24.5 Å². The quantitative estimate of drug-likeness (QED) is 0.496. The Morgan fingerprint density at radius 3 is 2.41 bits per heavy atom. The Labute approximate surface area is 212 Å². The molecule has 0 radical (unpaired) electrons. The van der Waals surface area contributed by atoms with Crippen LogP contribution >= 0.6 is 0 Å². The van der Waals surface area contributed by atoms with Crippen molar-refractivity contribution >= 4 is 16.1 Å². The number of sulfonamides is 1. The van der Waals surface area contributed by atoms with Crippen molar-refractivity contribution in [3.8, 4) is 0 Å². The van der Waals surface area contributed by atoms with Crippen LogP contribution in [0.5, 0.6) is 0 Å². The van der Waals surface area contributed by atoms with E-state index in [1.54, 1.807) is 12.1 Å². The molecule has 1 saturated heterocycles. The number of aliphatic hydroxyl groups is 1. The summed E-state index contributed by atoms with van der Waals surface area (Å²) in [7, 11) is -4.06. The molecular formula is C25H26N4O7S. The highest BCUT2D eigenvalue weighted by molar-refractivity contribution is 7.89. The Morgan fingerprint density at radius 2 is 1.70 bits per heavy atom. The van der Waals surface area contributed by atoms with Gasteiger partial charge in [0.15, 0.2) is 6.10 Å². The summed E-state index contributed by atoms with van der Waals surface area (Å²) in [6.45, 7) is 0.953. The summed E-state index contributed by atoms with van der Waals surface area (Å²) in [4.78, 5) is 38.1. The van der Waals surface area contributed by atoms with Crippen LogP contribution in [0.2, 0.25) is 0 Å². The maximum absolute atomic E-state index is 13.4. The molecule has 11 nitrogen and oxygen atoms in total. The molecule has 0 bridgehead atoms. The predicted molar refractivity (Wildman–Crippen MR) is 132 cm³/mol. The predicted octanol–water partition coefficient (Wildman–Crippen LogP) is 0.604. The molecule has 0 saturated carbocycles. The van der Waals surface area contributed by atoms with Crippen LogP contribution in [0.15, 0.2) is 81.2 Å². The van der Waals surface area contributed by atoms with E-state index in [0.717, 1.165) is 36.9 Å². The van der Waals surface area contributed by atoms with Gasteiger partial charge >= 0.3 is 6.09 Å². The lowest BCUT2D eigenvalue weighted by Crippen LogP contribution is -2.62. The average Bonchev–Trinajstić information content (AvgIpc) is 3.25. The summed E-state index contributed by atoms with van der Waals surface area (Å²) < 4.78 is 35.6. The van der Waals surface area contributed by atoms with Crippen molar-refractivity contribution < 1.29 is 23.1 Å². The Morgan fingerprint density at radius 1 is 1.03 bits per heavy atom. The van der Waals surface area contributed by atoms with Crippen LogP contribution in [0.25, 0.3) is 0 Å². The van der Waals surface area contributed by atoms with E-state index in [4.69, 9.17) is 4.74 Å². The van der Waals surface area contributed by atoms with E-state index >= 15 is 0 Å². The summed E-state index contributed by atoms with van der Waals surface area (Å²) in [6, 6.07) is 16.4. The molecule has 12 heteroatoms. The first kappa shape index (κ1) is 24.9. The Bertz CT molecular complexity index is 1550. The van der Waals surface area contributed by atoms with Crippen molar-refractivity contribution in [3.63, 3.8) is 0 Å². The minimum absolute atomic E-state index is 0.0243. The smallest absolute Gasteiger partial charge is 0.407 e. The van der Waals surface area contributed by atoms with Gasteiger partial charge in [0.1, 0.15) is 11.6 Å². The van der Waals surface area contributed by atoms with E-state index in [2.05, 4.69) is 5.32 Å². The molecule has 2 aliphatic rings. The highest BCUT2D eigenvalue weighted by atomic mass is 32.2. The maximum atomic E-state index is 13.4. The molecular weight excluding hydrogens is 500 g/mol. The second kappa shape index (κ2) is 9.29. The second-order valence-electron chi connectivity index (χ2n) is 9.29. The summed E-state index contributed by atoms with van der Waals surface area (Å²) in [5.41, 5.74) is -1.38. The van der Waals surface area contributed by atoms with E-state index in [1.807, 2.05) is 37.3 Å². The lowest BCUT2D eigenvalue weighted by atomic mass is 9.89. The number of carbonyl (C=O) groups excluding carboxylic acids is 1. The molecule has 2 aromatic carbocycles. The van der Waals surface area contributed by atoms with Gasteiger partial charge in [-0.1, -0.05) is 48.0 Å². The van der Waals surface area contributed by atoms with Gasteiger partial charge in [0, 0.05) is 31.8 Å². The number of β-amino-alcohol motifs (C(OH)–C–C–N with tert-alkyl or cyclic N) is 1. The molecule has 3 atom stereocenters. The van der Waals surface area contributed by atoms with E-state index in [0.29, 0.717) is 0 Å². The van der Waals surface area contributed by atoms with Crippen LogP contribution in [0.3, 0.4) is 0 Å². The third-order valence-electron chi connectivity index (χ3n) is 6.87.